The molecule has 0 aliphatic heterocycles. The minimum atomic E-state index is -0.911. The first-order chi connectivity index (χ1) is 7.59. The molecule has 0 spiro atoms. The SMILES string of the molecule is CC(C)CCCOc1ccc(C(=O)O)cc1. The van der Waals surface area contributed by atoms with Crippen molar-refractivity contribution in [1.82, 2.24) is 0 Å². The summed E-state index contributed by atoms with van der Waals surface area (Å²) in [6, 6.07) is 6.50. The summed E-state index contributed by atoms with van der Waals surface area (Å²) in [5, 5.41) is 8.71. The second-order valence-electron chi connectivity index (χ2n) is 4.21. The van der Waals surface area contributed by atoms with E-state index in [2.05, 4.69) is 13.8 Å². The van der Waals surface area contributed by atoms with Gasteiger partial charge in [-0.25, -0.2) is 4.79 Å². The van der Waals surface area contributed by atoms with E-state index in [0.717, 1.165) is 18.6 Å². The van der Waals surface area contributed by atoms with Crippen molar-refractivity contribution < 1.29 is 14.6 Å². The summed E-state index contributed by atoms with van der Waals surface area (Å²) >= 11 is 0. The number of carboxylic acid groups (broad SMARTS) is 1. The number of hydrogen-bond acceptors (Lipinski definition) is 2. The van der Waals surface area contributed by atoms with Crippen molar-refractivity contribution in [2.45, 2.75) is 26.7 Å². The molecule has 3 heteroatoms. The van der Waals surface area contributed by atoms with Crippen LogP contribution in [0.15, 0.2) is 24.3 Å². The molecule has 0 unspecified atom stereocenters. The number of hydrogen-bond donors (Lipinski definition) is 1. The Kier molecular flexibility index (Phi) is 4.83. The number of aromatic carboxylic acids is 1. The van der Waals surface area contributed by atoms with Gasteiger partial charge in [-0.1, -0.05) is 13.8 Å². The van der Waals surface area contributed by atoms with Gasteiger partial charge in [-0.05, 0) is 43.0 Å². The van der Waals surface area contributed by atoms with Gasteiger partial charge in [-0.2, -0.15) is 0 Å². The topological polar surface area (TPSA) is 46.5 Å². The van der Waals surface area contributed by atoms with Crippen LogP contribution in [0.4, 0.5) is 0 Å². The van der Waals surface area contributed by atoms with Crippen molar-refractivity contribution in [3.63, 3.8) is 0 Å². The normalized spacial score (nSPS) is 10.4. The number of carboxylic acids is 1. The van der Waals surface area contributed by atoms with E-state index in [1.54, 1.807) is 24.3 Å². The highest BCUT2D eigenvalue weighted by atomic mass is 16.5. The molecule has 0 aliphatic rings. The van der Waals surface area contributed by atoms with Crippen LogP contribution < -0.4 is 4.74 Å². The summed E-state index contributed by atoms with van der Waals surface area (Å²) in [5.41, 5.74) is 0.287. The molecule has 1 N–H and O–H groups in total. The lowest BCUT2D eigenvalue weighted by atomic mass is 10.1. The van der Waals surface area contributed by atoms with Crippen LogP contribution in [-0.2, 0) is 0 Å². The van der Waals surface area contributed by atoms with Gasteiger partial charge >= 0.3 is 5.97 Å². The molecule has 0 aromatic heterocycles. The Labute approximate surface area is 96.1 Å². The summed E-state index contributed by atoms with van der Waals surface area (Å²) in [7, 11) is 0. The fourth-order valence-corrected chi connectivity index (χ4v) is 1.38. The van der Waals surface area contributed by atoms with Gasteiger partial charge in [0.15, 0.2) is 0 Å². The maximum absolute atomic E-state index is 10.6. The zero-order valence-corrected chi connectivity index (χ0v) is 9.77. The molecule has 0 atom stereocenters. The van der Waals surface area contributed by atoms with Crippen LogP contribution in [0.1, 0.15) is 37.0 Å². The molecule has 16 heavy (non-hydrogen) atoms. The predicted molar refractivity (Wildman–Crippen MR) is 63.0 cm³/mol. The Bertz CT molecular complexity index is 328. The van der Waals surface area contributed by atoms with Crippen molar-refractivity contribution in [3.05, 3.63) is 29.8 Å². The van der Waals surface area contributed by atoms with Gasteiger partial charge in [-0.15, -0.1) is 0 Å². The molecule has 0 heterocycles. The summed E-state index contributed by atoms with van der Waals surface area (Å²) in [6.45, 7) is 5.05. The van der Waals surface area contributed by atoms with Crippen LogP contribution in [0.3, 0.4) is 0 Å². The van der Waals surface area contributed by atoms with Crippen molar-refractivity contribution >= 4 is 5.97 Å². The van der Waals surface area contributed by atoms with Crippen LogP contribution in [0, 0.1) is 5.92 Å². The van der Waals surface area contributed by atoms with Gasteiger partial charge in [0.2, 0.25) is 0 Å². The minimum Gasteiger partial charge on any atom is -0.494 e. The number of carbonyl (C=O) groups is 1. The lowest BCUT2D eigenvalue weighted by Crippen LogP contribution is -2.00. The molecular weight excluding hydrogens is 204 g/mol. The number of rotatable bonds is 6. The van der Waals surface area contributed by atoms with Crippen molar-refractivity contribution in [2.75, 3.05) is 6.61 Å². The number of benzene rings is 1. The van der Waals surface area contributed by atoms with Crippen LogP contribution >= 0.6 is 0 Å². The molecule has 1 rings (SSSR count). The quantitative estimate of drug-likeness (QED) is 0.752. The monoisotopic (exact) mass is 222 g/mol. The Morgan fingerprint density at radius 3 is 2.44 bits per heavy atom. The highest BCUT2D eigenvalue weighted by Gasteiger charge is 2.02. The molecule has 0 saturated heterocycles. The third kappa shape index (κ3) is 4.34. The molecule has 3 nitrogen and oxygen atoms in total. The highest BCUT2D eigenvalue weighted by molar-refractivity contribution is 5.87. The Hall–Kier alpha value is -1.51. The van der Waals surface area contributed by atoms with Gasteiger partial charge in [0.1, 0.15) is 5.75 Å². The molecule has 0 aliphatic carbocycles. The van der Waals surface area contributed by atoms with Crippen LogP contribution in [0.2, 0.25) is 0 Å². The molecule has 0 saturated carbocycles. The summed E-state index contributed by atoms with van der Waals surface area (Å²) in [5.74, 6) is 0.512. The van der Waals surface area contributed by atoms with E-state index in [9.17, 15) is 4.79 Å². The van der Waals surface area contributed by atoms with Crippen molar-refractivity contribution in [2.24, 2.45) is 5.92 Å². The lowest BCUT2D eigenvalue weighted by molar-refractivity contribution is 0.0697. The van der Waals surface area contributed by atoms with Crippen LogP contribution in [0.5, 0.6) is 5.75 Å². The lowest BCUT2D eigenvalue weighted by Gasteiger charge is -2.07. The standard InChI is InChI=1S/C13H18O3/c1-10(2)4-3-9-16-12-7-5-11(6-8-12)13(14)15/h5-8,10H,3-4,9H2,1-2H3,(H,14,15). The van der Waals surface area contributed by atoms with Gasteiger partial charge in [0.05, 0.1) is 12.2 Å². The summed E-state index contributed by atoms with van der Waals surface area (Å²) in [6.07, 6.45) is 2.17. The van der Waals surface area contributed by atoms with Crippen LogP contribution in [0.25, 0.3) is 0 Å². The third-order valence-corrected chi connectivity index (χ3v) is 2.30. The molecule has 1 aromatic carbocycles. The first-order valence-electron chi connectivity index (χ1n) is 5.55. The third-order valence-electron chi connectivity index (χ3n) is 2.30. The van der Waals surface area contributed by atoms with E-state index in [1.165, 1.54) is 0 Å². The molecular formula is C13H18O3. The van der Waals surface area contributed by atoms with E-state index >= 15 is 0 Å². The van der Waals surface area contributed by atoms with Crippen molar-refractivity contribution in [1.29, 1.82) is 0 Å². The summed E-state index contributed by atoms with van der Waals surface area (Å²) < 4.78 is 5.50. The Morgan fingerprint density at radius 1 is 1.31 bits per heavy atom. The van der Waals surface area contributed by atoms with Gasteiger partial charge in [0, 0.05) is 0 Å². The molecule has 1 aromatic rings. The van der Waals surface area contributed by atoms with E-state index in [-0.39, 0.29) is 5.56 Å². The number of ether oxygens (including phenoxy) is 1. The first kappa shape index (κ1) is 12.6. The molecule has 0 bridgehead atoms. The maximum atomic E-state index is 10.6. The van der Waals surface area contributed by atoms with Crippen molar-refractivity contribution in [3.8, 4) is 5.75 Å². The Morgan fingerprint density at radius 2 is 1.94 bits per heavy atom. The van der Waals surface area contributed by atoms with E-state index in [1.807, 2.05) is 0 Å². The average Bonchev–Trinajstić information content (AvgIpc) is 2.25. The average molecular weight is 222 g/mol. The maximum Gasteiger partial charge on any atom is 0.335 e. The largest absolute Gasteiger partial charge is 0.494 e. The molecule has 0 fully saturated rings. The molecule has 0 radical (unpaired) electrons. The predicted octanol–water partition coefficient (Wildman–Crippen LogP) is 3.20. The zero-order chi connectivity index (χ0) is 12.0. The van der Waals surface area contributed by atoms with E-state index in [0.29, 0.717) is 12.5 Å². The van der Waals surface area contributed by atoms with Gasteiger partial charge < -0.3 is 9.84 Å². The van der Waals surface area contributed by atoms with Crippen LogP contribution in [-0.4, -0.2) is 17.7 Å². The second-order valence-corrected chi connectivity index (χ2v) is 4.21. The summed E-state index contributed by atoms with van der Waals surface area (Å²) in [4.78, 5) is 10.6. The highest BCUT2D eigenvalue weighted by Crippen LogP contribution is 2.13. The van der Waals surface area contributed by atoms with E-state index in [4.69, 9.17) is 9.84 Å². The Balaban J connectivity index is 2.35. The minimum absolute atomic E-state index is 0.287. The fraction of sp³-hybridized carbons (Fsp3) is 0.462. The molecule has 0 amide bonds. The second kappa shape index (κ2) is 6.16. The first-order valence-corrected chi connectivity index (χ1v) is 5.55. The van der Waals surface area contributed by atoms with Gasteiger partial charge in [-0.3, -0.25) is 0 Å². The fourth-order valence-electron chi connectivity index (χ4n) is 1.38. The zero-order valence-electron chi connectivity index (χ0n) is 9.77. The smallest absolute Gasteiger partial charge is 0.335 e. The van der Waals surface area contributed by atoms with Gasteiger partial charge in [0.25, 0.3) is 0 Å². The molecule has 88 valence electrons. The van der Waals surface area contributed by atoms with E-state index < -0.39 is 5.97 Å².